The highest BCUT2D eigenvalue weighted by Gasteiger charge is 2.06. The minimum atomic E-state index is -0.308. The third-order valence-electron chi connectivity index (χ3n) is 3.46. The Balaban J connectivity index is 1.77. The minimum Gasteiger partial charge on any atom is -0.294 e. The van der Waals surface area contributed by atoms with Crippen LogP contribution in [0.15, 0.2) is 47.4 Å². The summed E-state index contributed by atoms with van der Waals surface area (Å²) >= 11 is 1.77. The zero-order valence-electron chi connectivity index (χ0n) is 12.4. The van der Waals surface area contributed by atoms with Gasteiger partial charge in [0, 0.05) is 16.9 Å². The number of ketones is 1. The first kappa shape index (κ1) is 15.8. The second-order valence-electron chi connectivity index (χ2n) is 5.13. The van der Waals surface area contributed by atoms with Gasteiger partial charge in [0.2, 0.25) is 0 Å². The number of thioether (sulfide) groups is 1. The van der Waals surface area contributed by atoms with Crippen LogP contribution in [0.1, 0.15) is 34.3 Å². The lowest BCUT2D eigenvalue weighted by atomic mass is 10.1. The molecule has 2 aromatic carbocycles. The average Bonchev–Trinajstić information content (AvgIpc) is 2.47. The summed E-state index contributed by atoms with van der Waals surface area (Å²) in [6.45, 7) is 4.21. The molecule has 0 spiro atoms. The Hall–Kier alpha value is -1.61. The van der Waals surface area contributed by atoms with Crippen molar-refractivity contribution >= 4 is 17.5 Å². The Morgan fingerprint density at radius 1 is 1.05 bits per heavy atom. The molecule has 2 rings (SSSR count). The van der Waals surface area contributed by atoms with Crippen molar-refractivity contribution in [3.05, 3.63) is 65.0 Å². The molecule has 110 valence electrons. The van der Waals surface area contributed by atoms with Crippen molar-refractivity contribution in [3.63, 3.8) is 0 Å². The van der Waals surface area contributed by atoms with E-state index in [0.717, 1.165) is 12.2 Å². The topological polar surface area (TPSA) is 17.1 Å². The van der Waals surface area contributed by atoms with Crippen LogP contribution in [0.2, 0.25) is 0 Å². The fourth-order valence-corrected chi connectivity index (χ4v) is 2.96. The lowest BCUT2D eigenvalue weighted by Crippen LogP contribution is -1.99. The molecular weight excluding hydrogens is 283 g/mol. The van der Waals surface area contributed by atoms with Crippen LogP contribution < -0.4 is 0 Å². The standard InChI is InChI=1S/C18H19FOS/c1-13-5-10-17(12-14(13)2)21-11-3-4-18(20)15-6-8-16(19)9-7-15/h5-10,12H,3-4,11H2,1-2H3. The normalized spacial score (nSPS) is 10.6. The number of hydrogen-bond acceptors (Lipinski definition) is 2. The summed E-state index contributed by atoms with van der Waals surface area (Å²) < 4.78 is 12.8. The van der Waals surface area contributed by atoms with Crippen LogP contribution in [0.25, 0.3) is 0 Å². The first-order valence-electron chi connectivity index (χ1n) is 7.05. The molecule has 0 amide bonds. The molecule has 0 heterocycles. The highest BCUT2D eigenvalue weighted by molar-refractivity contribution is 7.99. The van der Waals surface area contributed by atoms with Crippen molar-refractivity contribution < 1.29 is 9.18 Å². The number of benzene rings is 2. The van der Waals surface area contributed by atoms with Crippen LogP contribution >= 0.6 is 11.8 Å². The van der Waals surface area contributed by atoms with Crippen molar-refractivity contribution in [3.8, 4) is 0 Å². The first-order chi connectivity index (χ1) is 10.1. The summed E-state index contributed by atoms with van der Waals surface area (Å²) in [6.07, 6.45) is 1.33. The van der Waals surface area contributed by atoms with Gasteiger partial charge in [-0.25, -0.2) is 4.39 Å². The third-order valence-corrected chi connectivity index (χ3v) is 4.54. The molecule has 0 bridgehead atoms. The Morgan fingerprint density at radius 3 is 2.43 bits per heavy atom. The molecule has 0 saturated carbocycles. The predicted molar refractivity (Wildman–Crippen MR) is 86.6 cm³/mol. The Labute approximate surface area is 129 Å². The van der Waals surface area contributed by atoms with Gasteiger partial charge in [-0.3, -0.25) is 4.79 Å². The summed E-state index contributed by atoms with van der Waals surface area (Å²) in [5.41, 5.74) is 3.18. The Morgan fingerprint density at radius 2 is 1.76 bits per heavy atom. The molecule has 2 aromatic rings. The van der Waals surface area contributed by atoms with Gasteiger partial charge >= 0.3 is 0 Å². The maximum Gasteiger partial charge on any atom is 0.162 e. The van der Waals surface area contributed by atoms with E-state index in [1.807, 2.05) is 0 Å². The van der Waals surface area contributed by atoms with E-state index in [2.05, 4.69) is 32.0 Å². The number of hydrogen-bond donors (Lipinski definition) is 0. The Bertz CT molecular complexity index is 620. The van der Waals surface area contributed by atoms with Crippen LogP contribution in [-0.2, 0) is 0 Å². The zero-order chi connectivity index (χ0) is 15.2. The van der Waals surface area contributed by atoms with Crippen LogP contribution in [-0.4, -0.2) is 11.5 Å². The number of halogens is 1. The molecule has 1 nitrogen and oxygen atoms in total. The second-order valence-corrected chi connectivity index (χ2v) is 6.30. The van der Waals surface area contributed by atoms with Crippen molar-refractivity contribution in [2.24, 2.45) is 0 Å². The lowest BCUT2D eigenvalue weighted by molar-refractivity contribution is 0.0982. The molecule has 0 aliphatic rings. The fraction of sp³-hybridized carbons (Fsp3) is 0.278. The highest BCUT2D eigenvalue weighted by atomic mass is 32.2. The summed E-state index contributed by atoms with van der Waals surface area (Å²) in [5.74, 6) is 0.683. The monoisotopic (exact) mass is 302 g/mol. The largest absolute Gasteiger partial charge is 0.294 e. The van der Waals surface area contributed by atoms with E-state index in [4.69, 9.17) is 0 Å². The summed E-state index contributed by atoms with van der Waals surface area (Å²) in [5, 5.41) is 0. The maximum absolute atomic E-state index is 12.8. The highest BCUT2D eigenvalue weighted by Crippen LogP contribution is 2.22. The number of carbonyl (C=O) groups is 1. The van der Waals surface area contributed by atoms with E-state index in [0.29, 0.717) is 12.0 Å². The van der Waals surface area contributed by atoms with Gasteiger partial charge in [-0.05, 0) is 73.5 Å². The van der Waals surface area contributed by atoms with E-state index in [9.17, 15) is 9.18 Å². The smallest absolute Gasteiger partial charge is 0.162 e. The molecule has 21 heavy (non-hydrogen) atoms. The van der Waals surface area contributed by atoms with Gasteiger partial charge in [0.05, 0.1) is 0 Å². The van der Waals surface area contributed by atoms with E-state index in [-0.39, 0.29) is 11.6 Å². The van der Waals surface area contributed by atoms with E-state index in [1.54, 1.807) is 23.9 Å². The fourth-order valence-electron chi connectivity index (χ4n) is 2.01. The third kappa shape index (κ3) is 4.71. The quantitative estimate of drug-likeness (QED) is 0.414. The van der Waals surface area contributed by atoms with Gasteiger partial charge in [0.1, 0.15) is 5.82 Å². The van der Waals surface area contributed by atoms with Crippen LogP contribution in [0.3, 0.4) is 0 Å². The van der Waals surface area contributed by atoms with E-state index in [1.165, 1.54) is 28.2 Å². The summed E-state index contributed by atoms with van der Waals surface area (Å²) in [7, 11) is 0. The number of carbonyl (C=O) groups excluding carboxylic acids is 1. The van der Waals surface area contributed by atoms with Crippen molar-refractivity contribution in [2.75, 3.05) is 5.75 Å². The molecule has 0 saturated heterocycles. The number of aryl methyl sites for hydroxylation is 2. The van der Waals surface area contributed by atoms with Gasteiger partial charge in [-0.15, -0.1) is 11.8 Å². The molecule has 0 fully saturated rings. The molecular formula is C18H19FOS. The van der Waals surface area contributed by atoms with Crippen molar-refractivity contribution in [1.82, 2.24) is 0 Å². The van der Waals surface area contributed by atoms with Gasteiger partial charge in [-0.2, -0.15) is 0 Å². The van der Waals surface area contributed by atoms with Gasteiger partial charge in [0.25, 0.3) is 0 Å². The second kappa shape index (κ2) is 7.41. The predicted octanol–water partition coefficient (Wildman–Crippen LogP) is 5.20. The molecule has 0 atom stereocenters. The van der Waals surface area contributed by atoms with Crippen LogP contribution in [0, 0.1) is 19.7 Å². The molecule has 0 N–H and O–H groups in total. The Kier molecular flexibility index (Phi) is 5.57. The molecule has 0 aliphatic heterocycles. The molecule has 0 radical (unpaired) electrons. The molecule has 0 aliphatic carbocycles. The van der Waals surface area contributed by atoms with E-state index >= 15 is 0 Å². The van der Waals surface area contributed by atoms with E-state index < -0.39 is 0 Å². The molecule has 0 unspecified atom stereocenters. The van der Waals surface area contributed by atoms with Crippen LogP contribution in [0.4, 0.5) is 4.39 Å². The molecule has 0 aromatic heterocycles. The summed E-state index contributed by atoms with van der Waals surface area (Å²) in [4.78, 5) is 13.2. The van der Waals surface area contributed by atoms with Crippen LogP contribution in [0.5, 0.6) is 0 Å². The van der Waals surface area contributed by atoms with Gasteiger partial charge in [0.15, 0.2) is 5.78 Å². The first-order valence-corrected chi connectivity index (χ1v) is 8.03. The van der Waals surface area contributed by atoms with Crippen molar-refractivity contribution in [2.45, 2.75) is 31.6 Å². The number of Topliss-reactive ketones (excluding diaryl/α,β-unsaturated/α-hetero) is 1. The number of rotatable bonds is 6. The molecule has 3 heteroatoms. The SMILES string of the molecule is Cc1ccc(SCCCC(=O)c2ccc(F)cc2)cc1C. The average molecular weight is 302 g/mol. The zero-order valence-corrected chi connectivity index (χ0v) is 13.2. The minimum absolute atomic E-state index is 0.0793. The maximum atomic E-state index is 12.8. The van der Waals surface area contributed by atoms with Crippen molar-refractivity contribution in [1.29, 1.82) is 0 Å². The van der Waals surface area contributed by atoms with Gasteiger partial charge in [-0.1, -0.05) is 6.07 Å². The lowest BCUT2D eigenvalue weighted by Gasteiger charge is -2.05. The summed E-state index contributed by atoms with van der Waals surface area (Å²) in [6, 6.07) is 12.2. The van der Waals surface area contributed by atoms with Gasteiger partial charge < -0.3 is 0 Å².